The number of aliphatic hydroxyl groups is 1. The van der Waals surface area contributed by atoms with Crippen molar-refractivity contribution in [1.29, 1.82) is 0 Å². The number of halogens is 3. The molecule has 0 radical (unpaired) electrons. The van der Waals surface area contributed by atoms with Crippen molar-refractivity contribution in [2.24, 2.45) is 0 Å². The number of alkyl halides is 2. The van der Waals surface area contributed by atoms with E-state index in [4.69, 9.17) is 9.47 Å². The quantitative estimate of drug-likeness (QED) is 0.448. The normalized spacial score (nSPS) is 17.6. The molecule has 2 heterocycles. The third-order valence-electron chi connectivity index (χ3n) is 6.72. The molecule has 38 heavy (non-hydrogen) atoms. The number of hydrogen-bond donors (Lipinski definition) is 2. The molecule has 2 atom stereocenters. The molecule has 1 aliphatic rings. The Morgan fingerprint density at radius 2 is 1.95 bits per heavy atom. The molecule has 11 heteroatoms. The van der Waals surface area contributed by atoms with Crippen molar-refractivity contribution >= 4 is 28.3 Å². The first-order chi connectivity index (χ1) is 17.6. The van der Waals surface area contributed by atoms with E-state index in [2.05, 4.69) is 15.3 Å². The average molecular weight is 533 g/mol. The number of carbonyl (C=O) groups excluding carboxylic acids is 1. The summed E-state index contributed by atoms with van der Waals surface area (Å²) in [4.78, 5) is 23.2. The second-order valence-corrected chi connectivity index (χ2v) is 10.3. The Balaban J connectivity index is 1.75. The molecule has 0 saturated heterocycles. The van der Waals surface area contributed by atoms with E-state index < -0.39 is 41.2 Å². The Kier molecular flexibility index (Phi) is 6.82. The zero-order valence-electron chi connectivity index (χ0n) is 22.3. The van der Waals surface area contributed by atoms with E-state index in [0.29, 0.717) is 34.0 Å². The summed E-state index contributed by atoms with van der Waals surface area (Å²) in [6.45, 7) is 6.87. The molecule has 4 rings (SSSR count). The topological polar surface area (TPSA) is 96.8 Å². The van der Waals surface area contributed by atoms with E-state index >= 15 is 13.2 Å². The molecule has 0 saturated carbocycles. The minimum absolute atomic E-state index is 0.0462. The van der Waals surface area contributed by atoms with Crippen LogP contribution in [0.3, 0.4) is 0 Å². The molecule has 1 aliphatic heterocycles. The van der Waals surface area contributed by atoms with Crippen molar-refractivity contribution < 1.29 is 32.5 Å². The van der Waals surface area contributed by atoms with Crippen LogP contribution in [0.4, 0.5) is 24.7 Å². The Morgan fingerprint density at radius 1 is 1.26 bits per heavy atom. The fourth-order valence-electron chi connectivity index (χ4n) is 4.62. The van der Waals surface area contributed by atoms with Crippen LogP contribution in [0, 0.1) is 12.7 Å². The van der Waals surface area contributed by atoms with Gasteiger partial charge in [-0.15, -0.1) is 0 Å². The van der Waals surface area contributed by atoms with Crippen molar-refractivity contribution in [3.63, 3.8) is 0 Å². The van der Waals surface area contributed by atoms with Crippen LogP contribution in [0.1, 0.15) is 50.7 Å². The number of rotatable bonds is 7. The Labute approximate surface area is 218 Å². The van der Waals surface area contributed by atoms with Gasteiger partial charge in [-0.2, -0.15) is 8.78 Å². The number of aryl methyl sites for hydroxylation is 1. The van der Waals surface area contributed by atoms with E-state index in [1.807, 2.05) is 0 Å². The molecular weight excluding hydrogens is 501 g/mol. The molecule has 0 spiro atoms. The van der Waals surface area contributed by atoms with Crippen LogP contribution in [0.15, 0.2) is 30.3 Å². The molecule has 0 fully saturated rings. The lowest BCUT2D eigenvalue weighted by Gasteiger charge is -2.37. The molecule has 0 bridgehead atoms. The summed E-state index contributed by atoms with van der Waals surface area (Å²) in [5, 5.41) is 13.9. The highest BCUT2D eigenvalue weighted by molar-refractivity contribution is 6.05. The maximum absolute atomic E-state index is 15.5. The highest BCUT2D eigenvalue weighted by atomic mass is 19.3. The number of nitrogens with zero attached hydrogens (tertiary/aromatic N) is 3. The van der Waals surface area contributed by atoms with Crippen LogP contribution in [0.25, 0.3) is 10.9 Å². The molecular formula is C27H31F3N4O4. The summed E-state index contributed by atoms with van der Waals surface area (Å²) < 4.78 is 56.4. The molecule has 204 valence electrons. The number of nitrogens with one attached hydrogen (secondary N) is 1. The minimum atomic E-state index is -3.93. The van der Waals surface area contributed by atoms with Gasteiger partial charge in [0.2, 0.25) is 0 Å². The van der Waals surface area contributed by atoms with E-state index in [-0.39, 0.29) is 11.5 Å². The molecule has 2 N–H and O–H groups in total. The number of hydrogen-bond acceptors (Lipinski definition) is 7. The molecule has 2 aromatic carbocycles. The fraction of sp³-hybridized carbons (Fsp3) is 0.444. The van der Waals surface area contributed by atoms with Crippen LogP contribution < -0.4 is 15.0 Å². The summed E-state index contributed by atoms with van der Waals surface area (Å²) in [7, 11) is 2.82. The minimum Gasteiger partial charge on any atom is -0.476 e. The largest absolute Gasteiger partial charge is 0.476 e. The number of carbonyl (C=O) groups is 1. The third-order valence-corrected chi connectivity index (χ3v) is 6.72. The maximum atomic E-state index is 15.5. The van der Waals surface area contributed by atoms with Crippen molar-refractivity contribution in [3.8, 4) is 5.75 Å². The zero-order chi connectivity index (χ0) is 28.2. The van der Waals surface area contributed by atoms with Crippen LogP contribution in [0.2, 0.25) is 0 Å². The average Bonchev–Trinajstić information content (AvgIpc) is 2.81. The highest BCUT2D eigenvalue weighted by Gasteiger charge is 2.52. The van der Waals surface area contributed by atoms with E-state index in [1.54, 1.807) is 46.9 Å². The number of ether oxygens (including phenoxy) is 2. The molecule has 1 aromatic heterocycles. The van der Waals surface area contributed by atoms with Crippen molar-refractivity contribution in [1.82, 2.24) is 9.97 Å². The molecule has 8 nitrogen and oxygen atoms in total. The molecule has 0 aliphatic carbocycles. The molecule has 3 aromatic rings. The fourth-order valence-corrected chi connectivity index (χ4v) is 4.62. The van der Waals surface area contributed by atoms with E-state index in [9.17, 15) is 9.90 Å². The van der Waals surface area contributed by atoms with E-state index in [0.717, 1.165) is 13.0 Å². The lowest BCUT2D eigenvalue weighted by atomic mass is 9.90. The van der Waals surface area contributed by atoms with Gasteiger partial charge in [-0.25, -0.2) is 14.4 Å². The van der Waals surface area contributed by atoms with Crippen molar-refractivity contribution in [2.45, 2.75) is 57.8 Å². The predicted molar refractivity (Wildman–Crippen MR) is 137 cm³/mol. The lowest BCUT2D eigenvalue weighted by molar-refractivity contribution is -0.201. The van der Waals surface area contributed by atoms with Gasteiger partial charge in [-0.05, 0) is 46.8 Å². The second-order valence-electron chi connectivity index (χ2n) is 10.3. The van der Waals surface area contributed by atoms with Gasteiger partial charge >= 0.3 is 5.92 Å². The van der Waals surface area contributed by atoms with Gasteiger partial charge in [0.25, 0.3) is 5.91 Å². The summed E-state index contributed by atoms with van der Waals surface area (Å²) >= 11 is 0. The standard InChI is InChI=1S/C27H31F3N4O4/c1-14(16-9-8-10-18(22(16)28)27(29,30)26(5,36)13-37-7)31-23-17-11-20-21(12-19(17)32-15(2)33-23)38-25(3,4)24(35)34(20)6/h8-12,14,36H,13H2,1-7H3,(H,31,32,33). The first kappa shape index (κ1) is 27.6. The summed E-state index contributed by atoms with van der Waals surface area (Å²) in [6.07, 6.45) is 0. The van der Waals surface area contributed by atoms with Crippen LogP contribution in [-0.2, 0) is 15.5 Å². The van der Waals surface area contributed by atoms with Gasteiger partial charge in [0.1, 0.15) is 23.2 Å². The van der Waals surface area contributed by atoms with Crippen molar-refractivity contribution in [3.05, 3.63) is 53.1 Å². The summed E-state index contributed by atoms with van der Waals surface area (Å²) in [5.74, 6) is -4.08. The number of fused-ring (bicyclic) bond motifs is 2. The van der Waals surface area contributed by atoms with Crippen molar-refractivity contribution in [2.75, 3.05) is 31.0 Å². The number of methoxy groups -OCH3 is 1. The summed E-state index contributed by atoms with van der Waals surface area (Å²) in [6, 6.07) is 6.25. The SMILES string of the molecule is COCC(C)(O)C(F)(F)c1cccc(C(C)Nc2nc(C)nc3cc4c(cc23)N(C)C(=O)C(C)(C)O4)c1F. The van der Waals surface area contributed by atoms with Gasteiger partial charge in [0.05, 0.1) is 29.4 Å². The first-order valence-electron chi connectivity index (χ1n) is 12.0. The number of likely N-dealkylation sites (N-methyl/N-ethyl adjacent to an activating group) is 1. The number of aromatic nitrogens is 2. The second kappa shape index (κ2) is 9.39. The zero-order valence-corrected chi connectivity index (χ0v) is 22.3. The molecule has 2 unspecified atom stereocenters. The van der Waals surface area contributed by atoms with E-state index in [1.165, 1.54) is 24.1 Å². The highest BCUT2D eigenvalue weighted by Crippen LogP contribution is 2.43. The van der Waals surface area contributed by atoms with Gasteiger partial charge in [-0.1, -0.05) is 12.1 Å². The lowest BCUT2D eigenvalue weighted by Crippen LogP contribution is -2.50. The van der Waals surface area contributed by atoms with Crippen LogP contribution >= 0.6 is 0 Å². The van der Waals surface area contributed by atoms with Gasteiger partial charge < -0.3 is 24.8 Å². The summed E-state index contributed by atoms with van der Waals surface area (Å²) in [5.41, 5.74) is -3.62. The Bertz CT molecular complexity index is 1410. The van der Waals surface area contributed by atoms with Gasteiger partial charge in [0, 0.05) is 31.2 Å². The predicted octanol–water partition coefficient (Wildman–Crippen LogP) is 4.87. The Morgan fingerprint density at radius 3 is 2.61 bits per heavy atom. The maximum Gasteiger partial charge on any atom is 0.306 e. The Hall–Kier alpha value is -3.44. The first-order valence-corrected chi connectivity index (χ1v) is 12.0. The van der Waals surface area contributed by atoms with Crippen LogP contribution in [-0.4, -0.2) is 52.9 Å². The monoisotopic (exact) mass is 532 g/mol. The smallest absolute Gasteiger partial charge is 0.306 e. The number of amides is 1. The number of benzene rings is 2. The van der Waals surface area contributed by atoms with Gasteiger partial charge in [-0.3, -0.25) is 4.79 Å². The third kappa shape index (κ3) is 4.54. The molecule has 1 amide bonds. The number of anilines is 2. The van der Waals surface area contributed by atoms with Gasteiger partial charge in [0.15, 0.2) is 11.2 Å². The van der Waals surface area contributed by atoms with Crippen LogP contribution in [0.5, 0.6) is 5.75 Å².